The van der Waals surface area contributed by atoms with Gasteiger partial charge in [0.15, 0.2) is 6.54 Å². The first-order valence-corrected chi connectivity index (χ1v) is 7.60. The predicted octanol–water partition coefficient (Wildman–Crippen LogP) is 1.50. The van der Waals surface area contributed by atoms with Crippen molar-refractivity contribution in [2.75, 3.05) is 33.1 Å². The Morgan fingerprint density at radius 2 is 1.92 bits per heavy atom. The summed E-state index contributed by atoms with van der Waals surface area (Å²) in [6, 6.07) is 11.7. The molecule has 24 heavy (non-hydrogen) atoms. The Labute approximate surface area is 141 Å². The summed E-state index contributed by atoms with van der Waals surface area (Å²) in [6.07, 6.45) is 0. The van der Waals surface area contributed by atoms with Gasteiger partial charge in [0.2, 0.25) is 0 Å². The number of methoxy groups -OCH3 is 2. The van der Waals surface area contributed by atoms with E-state index in [2.05, 4.69) is 5.32 Å². The number of benzene rings is 2. The maximum Gasteiger partial charge on any atom is 0.279 e. The molecule has 2 N–H and O–H groups in total. The van der Waals surface area contributed by atoms with Crippen molar-refractivity contribution < 1.29 is 23.6 Å². The number of amides is 1. The number of ether oxygens (including phenoxy) is 2. The van der Waals surface area contributed by atoms with Crippen LogP contribution in [0.25, 0.3) is 0 Å². The summed E-state index contributed by atoms with van der Waals surface area (Å²) in [4.78, 5) is 13.0. The Balaban J connectivity index is 1.96. The first kappa shape index (κ1) is 17.7. The number of hydrogen-bond acceptors (Lipinski definition) is 3. The first-order chi connectivity index (χ1) is 11.5. The SMILES string of the molecule is COc1ccc(C[NH+](C)CC(=O)Nc2ccccc2F)c(OC)c1. The van der Waals surface area contributed by atoms with Gasteiger partial charge in [-0.3, -0.25) is 4.79 Å². The quantitative estimate of drug-likeness (QED) is 0.807. The lowest BCUT2D eigenvalue weighted by Gasteiger charge is -2.16. The number of hydrogen-bond donors (Lipinski definition) is 2. The van der Waals surface area contributed by atoms with Crippen LogP contribution in [0.3, 0.4) is 0 Å². The van der Waals surface area contributed by atoms with Crippen LogP contribution in [0.5, 0.6) is 11.5 Å². The maximum atomic E-state index is 13.6. The molecule has 1 unspecified atom stereocenters. The zero-order valence-electron chi connectivity index (χ0n) is 14.1. The van der Waals surface area contributed by atoms with Crippen LogP contribution in [0.1, 0.15) is 5.56 Å². The van der Waals surface area contributed by atoms with E-state index in [0.717, 1.165) is 10.5 Å². The molecule has 0 saturated heterocycles. The van der Waals surface area contributed by atoms with Crippen molar-refractivity contribution in [1.29, 1.82) is 0 Å². The van der Waals surface area contributed by atoms with Gasteiger partial charge >= 0.3 is 0 Å². The third kappa shape index (κ3) is 4.70. The number of halogens is 1. The van der Waals surface area contributed by atoms with E-state index < -0.39 is 5.82 Å². The highest BCUT2D eigenvalue weighted by Crippen LogP contribution is 2.23. The monoisotopic (exact) mass is 333 g/mol. The van der Waals surface area contributed by atoms with Gasteiger partial charge in [0.05, 0.1) is 27.0 Å². The topological polar surface area (TPSA) is 52.0 Å². The van der Waals surface area contributed by atoms with Crippen LogP contribution in [0, 0.1) is 5.82 Å². The lowest BCUT2D eigenvalue weighted by molar-refractivity contribution is -0.885. The molecule has 5 nitrogen and oxygen atoms in total. The first-order valence-electron chi connectivity index (χ1n) is 7.60. The minimum atomic E-state index is -0.444. The number of quaternary nitrogens is 1. The van der Waals surface area contributed by atoms with Crippen molar-refractivity contribution in [2.45, 2.75) is 6.54 Å². The molecular formula is C18H22FN2O3+. The van der Waals surface area contributed by atoms with E-state index in [1.165, 1.54) is 12.1 Å². The molecule has 2 aromatic carbocycles. The number of para-hydroxylation sites is 1. The minimum absolute atomic E-state index is 0.192. The van der Waals surface area contributed by atoms with Gasteiger partial charge < -0.3 is 19.7 Å². The second kappa shape index (κ2) is 8.31. The number of anilines is 1. The molecule has 0 fully saturated rings. The van der Waals surface area contributed by atoms with E-state index in [-0.39, 0.29) is 18.1 Å². The van der Waals surface area contributed by atoms with Crippen LogP contribution in [0.15, 0.2) is 42.5 Å². The predicted molar refractivity (Wildman–Crippen MR) is 90.0 cm³/mol. The molecule has 1 amide bonds. The molecule has 2 rings (SSSR count). The number of carbonyl (C=O) groups excluding carboxylic acids is 1. The molecule has 6 heteroatoms. The molecule has 2 aromatic rings. The van der Waals surface area contributed by atoms with E-state index in [1.54, 1.807) is 26.4 Å². The molecule has 0 heterocycles. The molecular weight excluding hydrogens is 311 g/mol. The highest BCUT2D eigenvalue weighted by molar-refractivity contribution is 5.91. The molecule has 0 bridgehead atoms. The fourth-order valence-electron chi connectivity index (χ4n) is 2.42. The van der Waals surface area contributed by atoms with Crippen LogP contribution in [-0.4, -0.2) is 33.7 Å². The number of rotatable bonds is 7. The number of likely N-dealkylation sites (N-methyl/N-ethyl adjacent to an activating group) is 1. The molecule has 0 aliphatic rings. The molecule has 0 aliphatic carbocycles. The van der Waals surface area contributed by atoms with Crippen molar-refractivity contribution in [1.82, 2.24) is 0 Å². The molecule has 0 aromatic heterocycles. The minimum Gasteiger partial charge on any atom is -0.497 e. The third-order valence-electron chi connectivity index (χ3n) is 3.60. The average Bonchev–Trinajstić information content (AvgIpc) is 2.57. The van der Waals surface area contributed by atoms with Crippen molar-refractivity contribution in [3.63, 3.8) is 0 Å². The van der Waals surface area contributed by atoms with Gasteiger partial charge in [0, 0.05) is 11.6 Å². The molecule has 0 spiro atoms. The largest absolute Gasteiger partial charge is 0.497 e. The Morgan fingerprint density at radius 3 is 2.58 bits per heavy atom. The lowest BCUT2D eigenvalue weighted by Crippen LogP contribution is -3.08. The average molecular weight is 333 g/mol. The van der Waals surface area contributed by atoms with Gasteiger partial charge in [-0.1, -0.05) is 12.1 Å². The Kier molecular flexibility index (Phi) is 6.14. The molecule has 0 aliphatic heterocycles. The number of carbonyl (C=O) groups is 1. The van der Waals surface area contributed by atoms with Crippen molar-refractivity contribution >= 4 is 11.6 Å². The van der Waals surface area contributed by atoms with E-state index in [0.29, 0.717) is 18.0 Å². The maximum absolute atomic E-state index is 13.6. The van der Waals surface area contributed by atoms with Gasteiger partial charge in [-0.05, 0) is 24.3 Å². The highest BCUT2D eigenvalue weighted by atomic mass is 19.1. The van der Waals surface area contributed by atoms with Crippen LogP contribution in [0.2, 0.25) is 0 Å². The van der Waals surface area contributed by atoms with Crippen molar-refractivity contribution in [3.8, 4) is 11.5 Å². The summed E-state index contributed by atoms with van der Waals surface area (Å²) in [7, 11) is 5.09. The van der Waals surface area contributed by atoms with Crippen LogP contribution in [0.4, 0.5) is 10.1 Å². The fraction of sp³-hybridized carbons (Fsp3) is 0.278. The fourth-order valence-corrected chi connectivity index (χ4v) is 2.42. The van der Waals surface area contributed by atoms with Crippen LogP contribution >= 0.6 is 0 Å². The number of nitrogens with one attached hydrogen (secondary N) is 2. The van der Waals surface area contributed by atoms with Gasteiger partial charge in [-0.2, -0.15) is 0 Å². The van der Waals surface area contributed by atoms with E-state index >= 15 is 0 Å². The lowest BCUT2D eigenvalue weighted by atomic mass is 10.2. The van der Waals surface area contributed by atoms with Gasteiger partial charge in [0.1, 0.15) is 23.9 Å². The van der Waals surface area contributed by atoms with Crippen molar-refractivity contribution in [3.05, 3.63) is 53.8 Å². The summed E-state index contributed by atoms with van der Waals surface area (Å²) < 4.78 is 24.1. The second-order valence-corrected chi connectivity index (χ2v) is 5.52. The summed E-state index contributed by atoms with van der Waals surface area (Å²) in [6.45, 7) is 0.807. The zero-order chi connectivity index (χ0) is 17.5. The van der Waals surface area contributed by atoms with Gasteiger partial charge in [0.25, 0.3) is 5.91 Å². The second-order valence-electron chi connectivity index (χ2n) is 5.52. The Morgan fingerprint density at radius 1 is 1.17 bits per heavy atom. The summed E-state index contributed by atoms with van der Waals surface area (Å²) in [5.41, 5.74) is 1.16. The van der Waals surface area contributed by atoms with E-state index in [9.17, 15) is 9.18 Å². The standard InChI is InChI=1S/C18H21FN2O3/c1-21(11-13-8-9-14(23-2)10-17(13)24-3)12-18(22)20-16-7-5-4-6-15(16)19/h4-10H,11-12H2,1-3H3,(H,20,22)/p+1. The zero-order valence-corrected chi connectivity index (χ0v) is 14.1. The molecule has 0 radical (unpaired) electrons. The van der Waals surface area contributed by atoms with E-state index in [1.807, 2.05) is 25.2 Å². The molecule has 128 valence electrons. The smallest absolute Gasteiger partial charge is 0.279 e. The summed E-state index contributed by atoms with van der Waals surface area (Å²) in [5.74, 6) is 0.735. The third-order valence-corrected chi connectivity index (χ3v) is 3.60. The summed E-state index contributed by atoms with van der Waals surface area (Å²) >= 11 is 0. The summed E-state index contributed by atoms with van der Waals surface area (Å²) in [5, 5.41) is 2.59. The van der Waals surface area contributed by atoms with Gasteiger partial charge in [-0.15, -0.1) is 0 Å². The van der Waals surface area contributed by atoms with Crippen molar-refractivity contribution in [2.24, 2.45) is 0 Å². The van der Waals surface area contributed by atoms with Gasteiger partial charge in [-0.25, -0.2) is 4.39 Å². The Hall–Kier alpha value is -2.60. The van der Waals surface area contributed by atoms with Crippen LogP contribution in [-0.2, 0) is 11.3 Å². The van der Waals surface area contributed by atoms with Crippen LogP contribution < -0.4 is 19.7 Å². The molecule has 0 saturated carbocycles. The van der Waals surface area contributed by atoms with E-state index in [4.69, 9.17) is 9.47 Å². The normalized spacial score (nSPS) is 11.7. The molecule has 1 atom stereocenters. The highest BCUT2D eigenvalue weighted by Gasteiger charge is 2.15. The Bertz CT molecular complexity index is 706.